The van der Waals surface area contributed by atoms with Crippen molar-refractivity contribution in [3.05, 3.63) is 36.2 Å². The van der Waals surface area contributed by atoms with Crippen LogP contribution in [0.3, 0.4) is 0 Å². The second kappa shape index (κ2) is 6.90. The summed E-state index contributed by atoms with van der Waals surface area (Å²) in [4.78, 5) is 4.60. The molecule has 136 valence electrons. The minimum atomic E-state index is -0.353. The van der Waals surface area contributed by atoms with Crippen LogP contribution in [-0.4, -0.2) is 49.8 Å². The molecule has 4 atom stereocenters. The Labute approximate surface area is 148 Å². The molecule has 1 saturated carbocycles. The summed E-state index contributed by atoms with van der Waals surface area (Å²) in [6.45, 7) is 3.64. The highest BCUT2D eigenvalue weighted by Gasteiger charge is 2.44. The molecule has 0 amide bonds. The summed E-state index contributed by atoms with van der Waals surface area (Å²) in [5.74, 6) is 1.55. The van der Waals surface area contributed by atoms with Crippen LogP contribution >= 0.6 is 0 Å². The van der Waals surface area contributed by atoms with Gasteiger partial charge in [0.25, 0.3) is 0 Å². The Morgan fingerprint density at radius 2 is 2.16 bits per heavy atom. The SMILES string of the molecule is Cc1cnn([C@H]2[C@H](O)C[C@@H]2NC(c2nccn2C)C2CCOCC2)c1. The molecule has 7 heteroatoms. The third-order valence-electron chi connectivity index (χ3n) is 5.61. The second-order valence-corrected chi connectivity index (χ2v) is 7.39. The van der Waals surface area contributed by atoms with E-state index >= 15 is 0 Å². The van der Waals surface area contributed by atoms with Crippen LogP contribution in [0.15, 0.2) is 24.8 Å². The van der Waals surface area contributed by atoms with E-state index in [0.717, 1.165) is 43.9 Å². The van der Waals surface area contributed by atoms with Gasteiger partial charge in [0.2, 0.25) is 0 Å². The average Bonchev–Trinajstić information content (AvgIpc) is 3.20. The number of imidazole rings is 1. The normalized spacial score (nSPS) is 28.7. The minimum Gasteiger partial charge on any atom is -0.391 e. The van der Waals surface area contributed by atoms with Crippen LogP contribution in [0.1, 0.15) is 42.7 Å². The van der Waals surface area contributed by atoms with E-state index in [1.807, 2.05) is 43.4 Å². The second-order valence-electron chi connectivity index (χ2n) is 7.39. The molecule has 2 aromatic heterocycles. The maximum Gasteiger partial charge on any atom is 0.125 e. The minimum absolute atomic E-state index is 0.0173. The Morgan fingerprint density at radius 1 is 1.36 bits per heavy atom. The van der Waals surface area contributed by atoms with Crippen molar-refractivity contribution in [3.8, 4) is 0 Å². The Kier molecular flexibility index (Phi) is 4.62. The van der Waals surface area contributed by atoms with Crippen LogP contribution in [0.4, 0.5) is 0 Å². The number of rotatable bonds is 5. The van der Waals surface area contributed by atoms with Crippen molar-refractivity contribution in [3.63, 3.8) is 0 Å². The molecule has 2 fully saturated rings. The van der Waals surface area contributed by atoms with Crippen LogP contribution in [0.5, 0.6) is 0 Å². The summed E-state index contributed by atoms with van der Waals surface area (Å²) >= 11 is 0. The Morgan fingerprint density at radius 3 is 2.76 bits per heavy atom. The summed E-state index contributed by atoms with van der Waals surface area (Å²) in [6, 6.07) is 0.343. The standard InChI is InChI=1S/C18H27N5O2/c1-12-10-20-23(11-12)17-14(9-15(17)24)21-16(13-3-7-25-8-4-13)18-19-5-6-22(18)2/h5-6,10-11,13-17,21,24H,3-4,7-9H2,1-2H3/t14-,15+,16?,17+/m0/s1. The summed E-state index contributed by atoms with van der Waals surface area (Å²) < 4.78 is 9.54. The predicted octanol–water partition coefficient (Wildman–Crippen LogP) is 1.36. The van der Waals surface area contributed by atoms with Gasteiger partial charge in [0.15, 0.2) is 0 Å². The first-order valence-corrected chi connectivity index (χ1v) is 9.13. The van der Waals surface area contributed by atoms with Gasteiger partial charge in [-0.25, -0.2) is 4.98 Å². The van der Waals surface area contributed by atoms with Crippen LogP contribution in [0.25, 0.3) is 0 Å². The monoisotopic (exact) mass is 345 g/mol. The van der Waals surface area contributed by atoms with Gasteiger partial charge in [0, 0.05) is 44.9 Å². The highest BCUT2D eigenvalue weighted by Crippen LogP contribution is 2.37. The van der Waals surface area contributed by atoms with E-state index in [-0.39, 0.29) is 24.2 Å². The molecule has 4 rings (SSSR count). The molecule has 2 aromatic rings. The highest BCUT2D eigenvalue weighted by atomic mass is 16.5. The smallest absolute Gasteiger partial charge is 0.125 e. The fourth-order valence-corrected chi connectivity index (χ4v) is 4.11. The molecular formula is C18H27N5O2. The van der Waals surface area contributed by atoms with Crippen molar-refractivity contribution >= 4 is 0 Å². The molecule has 2 aliphatic rings. The van der Waals surface area contributed by atoms with Gasteiger partial charge < -0.3 is 19.7 Å². The van der Waals surface area contributed by atoms with Crippen LogP contribution < -0.4 is 5.32 Å². The number of nitrogens with zero attached hydrogens (tertiary/aromatic N) is 4. The van der Waals surface area contributed by atoms with E-state index in [1.54, 1.807) is 0 Å². The predicted molar refractivity (Wildman–Crippen MR) is 93.0 cm³/mol. The fraction of sp³-hybridized carbons (Fsp3) is 0.667. The summed E-state index contributed by atoms with van der Waals surface area (Å²) in [7, 11) is 2.04. The molecule has 0 radical (unpaired) electrons. The zero-order valence-electron chi connectivity index (χ0n) is 14.9. The number of ether oxygens (including phenoxy) is 1. The van der Waals surface area contributed by atoms with E-state index in [2.05, 4.69) is 20.0 Å². The lowest BCUT2D eigenvalue weighted by atomic mass is 9.80. The van der Waals surface area contributed by atoms with E-state index in [4.69, 9.17) is 4.74 Å². The molecule has 7 nitrogen and oxygen atoms in total. The first-order chi connectivity index (χ1) is 12.1. The number of hydrogen-bond acceptors (Lipinski definition) is 5. The molecular weight excluding hydrogens is 318 g/mol. The van der Waals surface area contributed by atoms with Gasteiger partial charge in [-0.15, -0.1) is 0 Å². The molecule has 1 aliphatic heterocycles. The molecule has 25 heavy (non-hydrogen) atoms. The van der Waals surface area contributed by atoms with E-state index < -0.39 is 0 Å². The molecule has 0 aromatic carbocycles. The van der Waals surface area contributed by atoms with Gasteiger partial charge in [-0.2, -0.15) is 5.10 Å². The average molecular weight is 345 g/mol. The molecule has 3 heterocycles. The van der Waals surface area contributed by atoms with Gasteiger partial charge in [-0.05, 0) is 37.7 Å². The van der Waals surface area contributed by atoms with Crippen molar-refractivity contribution in [1.82, 2.24) is 24.6 Å². The molecule has 2 N–H and O–H groups in total. The fourth-order valence-electron chi connectivity index (χ4n) is 4.11. The van der Waals surface area contributed by atoms with Gasteiger partial charge in [0.05, 0.1) is 24.4 Å². The topological polar surface area (TPSA) is 77.1 Å². The summed E-state index contributed by atoms with van der Waals surface area (Å²) in [6.07, 6.45) is 10.2. The maximum absolute atomic E-state index is 10.3. The van der Waals surface area contributed by atoms with Crippen molar-refractivity contribution in [1.29, 1.82) is 0 Å². The van der Waals surface area contributed by atoms with Crippen LogP contribution in [0, 0.1) is 12.8 Å². The Hall–Kier alpha value is -1.70. The van der Waals surface area contributed by atoms with Crippen molar-refractivity contribution in [2.24, 2.45) is 13.0 Å². The van der Waals surface area contributed by atoms with Crippen LogP contribution in [-0.2, 0) is 11.8 Å². The zero-order chi connectivity index (χ0) is 17.4. The molecule has 0 spiro atoms. The molecule has 1 unspecified atom stereocenters. The molecule has 0 bridgehead atoms. The van der Waals surface area contributed by atoms with E-state index in [9.17, 15) is 5.11 Å². The lowest BCUT2D eigenvalue weighted by Crippen LogP contribution is -2.56. The number of aliphatic hydroxyl groups is 1. The van der Waals surface area contributed by atoms with Crippen LogP contribution in [0.2, 0.25) is 0 Å². The van der Waals surface area contributed by atoms with Crippen molar-refractivity contribution in [2.45, 2.75) is 50.4 Å². The maximum atomic E-state index is 10.3. The van der Waals surface area contributed by atoms with Crippen molar-refractivity contribution in [2.75, 3.05) is 13.2 Å². The van der Waals surface area contributed by atoms with Gasteiger partial charge in [0.1, 0.15) is 5.82 Å². The number of hydrogen-bond donors (Lipinski definition) is 2. The number of aromatic nitrogens is 4. The van der Waals surface area contributed by atoms with E-state index in [0.29, 0.717) is 5.92 Å². The largest absolute Gasteiger partial charge is 0.391 e. The first kappa shape index (κ1) is 16.8. The van der Waals surface area contributed by atoms with Crippen molar-refractivity contribution < 1.29 is 9.84 Å². The van der Waals surface area contributed by atoms with Gasteiger partial charge >= 0.3 is 0 Å². The first-order valence-electron chi connectivity index (χ1n) is 9.13. The third-order valence-corrected chi connectivity index (χ3v) is 5.61. The molecule has 1 aliphatic carbocycles. The van der Waals surface area contributed by atoms with Gasteiger partial charge in [-0.1, -0.05) is 0 Å². The highest BCUT2D eigenvalue weighted by molar-refractivity contribution is 5.09. The lowest BCUT2D eigenvalue weighted by molar-refractivity contribution is -0.0211. The Balaban J connectivity index is 1.55. The molecule has 1 saturated heterocycles. The Bertz CT molecular complexity index is 706. The summed E-state index contributed by atoms with van der Waals surface area (Å²) in [5, 5.41) is 18.5. The zero-order valence-corrected chi connectivity index (χ0v) is 14.9. The van der Waals surface area contributed by atoms with Gasteiger partial charge in [-0.3, -0.25) is 4.68 Å². The van der Waals surface area contributed by atoms with E-state index in [1.165, 1.54) is 0 Å². The summed E-state index contributed by atoms with van der Waals surface area (Å²) in [5.41, 5.74) is 1.11. The lowest BCUT2D eigenvalue weighted by Gasteiger charge is -2.45. The number of nitrogens with one attached hydrogen (secondary N) is 1. The quantitative estimate of drug-likeness (QED) is 0.856. The number of aryl methyl sites for hydroxylation is 2. The third kappa shape index (κ3) is 3.23. The number of aliphatic hydroxyl groups excluding tert-OH is 1.